The predicted octanol–water partition coefficient (Wildman–Crippen LogP) is 0.940. The van der Waals surface area contributed by atoms with Crippen LogP contribution in [0.15, 0.2) is 29.2 Å². The van der Waals surface area contributed by atoms with Gasteiger partial charge in [-0.3, -0.25) is 4.79 Å². The van der Waals surface area contributed by atoms with Crippen LogP contribution < -0.4 is 10.1 Å². The lowest BCUT2D eigenvalue weighted by Crippen LogP contribution is -2.40. The van der Waals surface area contributed by atoms with Crippen LogP contribution in [0.4, 0.5) is 0 Å². The van der Waals surface area contributed by atoms with Gasteiger partial charge in [0.25, 0.3) is 5.91 Å². The summed E-state index contributed by atoms with van der Waals surface area (Å²) in [6.45, 7) is 2.69. The van der Waals surface area contributed by atoms with Crippen LogP contribution in [-0.2, 0) is 29.1 Å². The third-order valence-electron chi connectivity index (χ3n) is 4.77. The zero-order chi connectivity index (χ0) is 21.7. The smallest absolute Gasteiger partial charge is 0.331 e. The molecule has 1 amide bonds. The summed E-state index contributed by atoms with van der Waals surface area (Å²) in [5, 5.41) is 2.77. The second kappa shape index (κ2) is 9.59. The Morgan fingerprint density at radius 2 is 1.97 bits per heavy atom. The molecule has 1 aromatic carbocycles. The quantitative estimate of drug-likeness (QED) is 0.475. The maximum Gasteiger partial charge on any atom is 0.331 e. The van der Waals surface area contributed by atoms with Crippen LogP contribution >= 0.6 is 0 Å². The molecule has 10 heteroatoms. The number of esters is 1. The minimum absolute atomic E-state index is 0.0135. The van der Waals surface area contributed by atoms with Gasteiger partial charge in [0.2, 0.25) is 10.0 Å². The molecule has 1 aromatic rings. The van der Waals surface area contributed by atoms with Crippen molar-refractivity contribution in [3.05, 3.63) is 29.8 Å². The number of ether oxygens (including phenoxy) is 3. The standard InChI is InChI=1S/C20H26N2O7S/c1-14(20(24)21-16-5-6-16)29-19(23)8-4-15-3-7-17(27-2)18(13-15)30(25,26)22-9-11-28-12-10-22/h3-4,7-8,13-14,16H,5-6,9-12H2,1-2H3,(H,21,24)/b8-4+. The summed E-state index contributed by atoms with van der Waals surface area (Å²) < 4.78 is 42.9. The third kappa shape index (κ3) is 5.59. The predicted molar refractivity (Wildman–Crippen MR) is 108 cm³/mol. The van der Waals surface area contributed by atoms with Crippen LogP contribution in [0, 0.1) is 0 Å². The van der Waals surface area contributed by atoms with E-state index in [4.69, 9.17) is 14.2 Å². The van der Waals surface area contributed by atoms with E-state index in [9.17, 15) is 18.0 Å². The number of sulfonamides is 1. The van der Waals surface area contributed by atoms with Crippen LogP contribution in [0.2, 0.25) is 0 Å². The molecule has 0 bridgehead atoms. The second-order valence-electron chi connectivity index (χ2n) is 7.12. The van der Waals surface area contributed by atoms with Crippen molar-refractivity contribution in [2.75, 3.05) is 33.4 Å². The SMILES string of the molecule is COc1ccc(/C=C/C(=O)OC(C)C(=O)NC2CC2)cc1S(=O)(=O)N1CCOCC1. The van der Waals surface area contributed by atoms with Gasteiger partial charge in [-0.05, 0) is 43.5 Å². The minimum atomic E-state index is -3.78. The molecule has 0 radical (unpaired) electrons. The van der Waals surface area contributed by atoms with Gasteiger partial charge in [-0.25, -0.2) is 13.2 Å². The molecular formula is C20H26N2O7S. The number of nitrogens with zero attached hydrogens (tertiary/aromatic N) is 1. The molecule has 1 saturated carbocycles. The molecule has 1 unspecified atom stereocenters. The first-order valence-corrected chi connectivity index (χ1v) is 11.2. The zero-order valence-corrected chi connectivity index (χ0v) is 17.8. The lowest BCUT2D eigenvalue weighted by Gasteiger charge is -2.26. The number of carbonyl (C=O) groups excluding carboxylic acids is 2. The third-order valence-corrected chi connectivity index (χ3v) is 6.69. The Balaban J connectivity index is 1.70. The highest BCUT2D eigenvalue weighted by molar-refractivity contribution is 7.89. The minimum Gasteiger partial charge on any atom is -0.495 e. The van der Waals surface area contributed by atoms with Crippen molar-refractivity contribution >= 4 is 28.0 Å². The summed E-state index contributed by atoms with van der Waals surface area (Å²) in [7, 11) is -2.38. The number of benzene rings is 1. The van der Waals surface area contributed by atoms with Crippen LogP contribution in [0.25, 0.3) is 6.08 Å². The Morgan fingerprint density at radius 3 is 2.60 bits per heavy atom. The molecule has 1 aliphatic carbocycles. The molecule has 3 rings (SSSR count). The Kier molecular flexibility index (Phi) is 7.11. The average molecular weight is 439 g/mol. The topological polar surface area (TPSA) is 111 Å². The van der Waals surface area contributed by atoms with Gasteiger partial charge in [0.15, 0.2) is 6.10 Å². The number of amides is 1. The largest absolute Gasteiger partial charge is 0.495 e. The van der Waals surface area contributed by atoms with Crippen LogP contribution in [0.3, 0.4) is 0 Å². The van der Waals surface area contributed by atoms with Gasteiger partial charge < -0.3 is 19.5 Å². The van der Waals surface area contributed by atoms with E-state index in [1.54, 1.807) is 6.07 Å². The van der Waals surface area contributed by atoms with Crippen molar-refractivity contribution in [3.8, 4) is 5.75 Å². The van der Waals surface area contributed by atoms with E-state index >= 15 is 0 Å². The second-order valence-corrected chi connectivity index (χ2v) is 9.03. The molecular weight excluding hydrogens is 412 g/mol. The van der Waals surface area contributed by atoms with Crippen LogP contribution in [0.1, 0.15) is 25.3 Å². The fourth-order valence-electron chi connectivity index (χ4n) is 2.90. The molecule has 9 nitrogen and oxygen atoms in total. The molecule has 164 valence electrons. The lowest BCUT2D eigenvalue weighted by molar-refractivity contribution is -0.150. The van der Waals surface area contributed by atoms with Crippen LogP contribution in [0.5, 0.6) is 5.75 Å². The number of hydrogen-bond acceptors (Lipinski definition) is 7. The van der Waals surface area contributed by atoms with E-state index in [-0.39, 0.29) is 35.7 Å². The molecule has 1 N–H and O–H groups in total. The fourth-order valence-corrected chi connectivity index (χ4v) is 4.50. The van der Waals surface area contributed by atoms with E-state index in [1.165, 1.54) is 36.5 Å². The Morgan fingerprint density at radius 1 is 1.27 bits per heavy atom. The van der Waals surface area contributed by atoms with Crippen molar-refractivity contribution in [2.45, 2.75) is 36.8 Å². The number of carbonyl (C=O) groups is 2. The average Bonchev–Trinajstić information content (AvgIpc) is 3.56. The van der Waals surface area contributed by atoms with Gasteiger partial charge in [0.1, 0.15) is 10.6 Å². The molecule has 0 spiro atoms. The molecule has 2 aliphatic rings. The van der Waals surface area contributed by atoms with Crippen molar-refractivity contribution in [1.82, 2.24) is 9.62 Å². The Bertz CT molecular complexity index is 919. The summed E-state index contributed by atoms with van der Waals surface area (Å²) >= 11 is 0. The van der Waals surface area contributed by atoms with E-state index in [0.29, 0.717) is 18.8 Å². The lowest BCUT2D eigenvalue weighted by atomic mass is 10.2. The van der Waals surface area contributed by atoms with Gasteiger partial charge in [-0.2, -0.15) is 4.31 Å². The number of hydrogen-bond donors (Lipinski definition) is 1. The maximum absolute atomic E-state index is 13.0. The monoisotopic (exact) mass is 438 g/mol. The van der Waals surface area contributed by atoms with Crippen molar-refractivity contribution in [1.29, 1.82) is 0 Å². The maximum atomic E-state index is 13.0. The summed E-state index contributed by atoms with van der Waals surface area (Å²) in [5.74, 6) is -0.809. The first-order valence-electron chi connectivity index (χ1n) is 9.76. The molecule has 1 heterocycles. The highest BCUT2D eigenvalue weighted by atomic mass is 32.2. The first kappa shape index (κ1) is 22.3. The summed E-state index contributed by atoms with van der Waals surface area (Å²) in [5.41, 5.74) is 0.481. The molecule has 2 fully saturated rings. The summed E-state index contributed by atoms with van der Waals surface area (Å²) in [6.07, 6.45) is 3.58. The Labute approximate surface area is 176 Å². The summed E-state index contributed by atoms with van der Waals surface area (Å²) in [6, 6.07) is 4.78. The van der Waals surface area contributed by atoms with Gasteiger partial charge in [-0.15, -0.1) is 0 Å². The van der Waals surface area contributed by atoms with Gasteiger partial charge >= 0.3 is 5.97 Å². The Hall–Kier alpha value is -2.43. The molecule has 30 heavy (non-hydrogen) atoms. The highest BCUT2D eigenvalue weighted by Gasteiger charge is 2.29. The highest BCUT2D eigenvalue weighted by Crippen LogP contribution is 2.29. The van der Waals surface area contributed by atoms with Crippen LogP contribution in [-0.4, -0.2) is 70.2 Å². The first-order chi connectivity index (χ1) is 14.3. The fraction of sp³-hybridized carbons (Fsp3) is 0.500. The summed E-state index contributed by atoms with van der Waals surface area (Å²) in [4.78, 5) is 23.9. The normalized spacial score (nSPS) is 18.7. The van der Waals surface area contributed by atoms with E-state index in [2.05, 4.69) is 5.32 Å². The number of morpholine rings is 1. The molecule has 0 aromatic heterocycles. The zero-order valence-electron chi connectivity index (χ0n) is 17.0. The van der Waals surface area contributed by atoms with E-state index in [1.807, 2.05) is 0 Å². The number of methoxy groups -OCH3 is 1. The number of nitrogens with one attached hydrogen (secondary N) is 1. The molecule has 1 aliphatic heterocycles. The molecule has 1 atom stereocenters. The molecule has 1 saturated heterocycles. The number of rotatable bonds is 8. The van der Waals surface area contributed by atoms with Gasteiger partial charge in [0, 0.05) is 25.2 Å². The van der Waals surface area contributed by atoms with Gasteiger partial charge in [0.05, 0.1) is 20.3 Å². The van der Waals surface area contributed by atoms with E-state index in [0.717, 1.165) is 18.9 Å². The van der Waals surface area contributed by atoms with Crippen molar-refractivity contribution < 1.29 is 32.2 Å². The van der Waals surface area contributed by atoms with Gasteiger partial charge in [-0.1, -0.05) is 6.07 Å². The van der Waals surface area contributed by atoms with Crippen molar-refractivity contribution in [3.63, 3.8) is 0 Å². The van der Waals surface area contributed by atoms with E-state index < -0.39 is 22.1 Å². The van der Waals surface area contributed by atoms with Crippen molar-refractivity contribution in [2.24, 2.45) is 0 Å².